The van der Waals surface area contributed by atoms with Gasteiger partial charge in [0.25, 0.3) is 0 Å². The summed E-state index contributed by atoms with van der Waals surface area (Å²) >= 11 is 1.53. The van der Waals surface area contributed by atoms with E-state index < -0.39 is 17.7 Å². The molecule has 0 radical (unpaired) electrons. The molecular formula is C15H17F3N4O2S. The highest BCUT2D eigenvalue weighted by molar-refractivity contribution is 7.99. The molecule has 2 aromatic rings. The molecule has 0 aliphatic carbocycles. The fourth-order valence-electron chi connectivity index (χ4n) is 2.05. The Morgan fingerprint density at radius 1 is 1.28 bits per heavy atom. The van der Waals surface area contributed by atoms with Crippen molar-refractivity contribution in [2.24, 2.45) is 7.05 Å². The molecule has 0 unspecified atom stereocenters. The lowest BCUT2D eigenvalue weighted by Gasteiger charge is -2.05. The van der Waals surface area contributed by atoms with Gasteiger partial charge in [-0.3, -0.25) is 9.36 Å². The van der Waals surface area contributed by atoms with Crippen LogP contribution in [0, 0.1) is 0 Å². The summed E-state index contributed by atoms with van der Waals surface area (Å²) in [4.78, 5) is 24.5. The van der Waals surface area contributed by atoms with Crippen LogP contribution in [0.4, 0.5) is 13.2 Å². The van der Waals surface area contributed by atoms with Crippen LogP contribution in [0.15, 0.2) is 40.0 Å². The minimum atomic E-state index is -4.70. The maximum Gasteiger partial charge on any atom is 0.451 e. The van der Waals surface area contributed by atoms with Crippen molar-refractivity contribution in [3.8, 4) is 0 Å². The summed E-state index contributed by atoms with van der Waals surface area (Å²) in [6, 6.07) is 9.59. The van der Waals surface area contributed by atoms with Crippen LogP contribution in [0.25, 0.3) is 0 Å². The zero-order valence-electron chi connectivity index (χ0n) is 13.4. The summed E-state index contributed by atoms with van der Waals surface area (Å²) in [5, 5.41) is 5.84. The lowest BCUT2D eigenvalue weighted by atomic mass is 10.4. The van der Waals surface area contributed by atoms with Gasteiger partial charge in [0.1, 0.15) is 0 Å². The van der Waals surface area contributed by atoms with E-state index in [1.807, 2.05) is 30.3 Å². The Labute approximate surface area is 146 Å². The lowest BCUT2D eigenvalue weighted by Crippen LogP contribution is -2.31. The highest BCUT2D eigenvalue weighted by Crippen LogP contribution is 2.25. The summed E-state index contributed by atoms with van der Waals surface area (Å²) in [7, 11) is 1.01. The van der Waals surface area contributed by atoms with Crippen LogP contribution >= 0.6 is 11.8 Å². The van der Waals surface area contributed by atoms with Crippen LogP contribution in [-0.2, 0) is 24.6 Å². The van der Waals surface area contributed by atoms with Gasteiger partial charge in [-0.2, -0.15) is 13.2 Å². The molecular weight excluding hydrogens is 357 g/mol. The van der Waals surface area contributed by atoms with Crippen molar-refractivity contribution in [2.75, 3.05) is 12.3 Å². The average molecular weight is 374 g/mol. The van der Waals surface area contributed by atoms with Gasteiger partial charge in [0, 0.05) is 30.7 Å². The van der Waals surface area contributed by atoms with Gasteiger partial charge in [-0.05, 0) is 12.1 Å². The Bertz CT molecular complexity index is 771. The average Bonchev–Trinajstić information content (AvgIpc) is 2.84. The van der Waals surface area contributed by atoms with Crippen molar-refractivity contribution < 1.29 is 18.0 Å². The fourth-order valence-corrected chi connectivity index (χ4v) is 2.92. The smallest absolute Gasteiger partial charge is 0.354 e. The summed E-state index contributed by atoms with van der Waals surface area (Å²) in [6.07, 6.45) is -4.43. The van der Waals surface area contributed by atoms with E-state index in [1.165, 1.54) is 11.8 Å². The zero-order valence-corrected chi connectivity index (χ0v) is 14.2. The van der Waals surface area contributed by atoms with E-state index >= 15 is 0 Å². The first-order valence-electron chi connectivity index (χ1n) is 7.44. The van der Waals surface area contributed by atoms with E-state index in [1.54, 1.807) is 0 Å². The fraction of sp³-hybridized carbons (Fsp3) is 0.400. The highest BCUT2D eigenvalue weighted by atomic mass is 32.2. The number of rotatable bonds is 7. The summed E-state index contributed by atoms with van der Waals surface area (Å²) in [5.41, 5.74) is -0.874. The van der Waals surface area contributed by atoms with Gasteiger partial charge in [-0.1, -0.05) is 18.2 Å². The second-order valence-electron chi connectivity index (χ2n) is 5.15. The largest absolute Gasteiger partial charge is 0.451 e. The van der Waals surface area contributed by atoms with E-state index in [2.05, 4.69) is 10.4 Å². The molecule has 25 heavy (non-hydrogen) atoms. The zero-order chi connectivity index (χ0) is 18.4. The second-order valence-corrected chi connectivity index (χ2v) is 6.32. The number of carbonyl (C=O) groups is 1. The molecule has 0 fully saturated rings. The molecule has 1 amide bonds. The Morgan fingerprint density at radius 3 is 2.56 bits per heavy atom. The second kappa shape index (κ2) is 8.24. The van der Waals surface area contributed by atoms with Crippen LogP contribution in [0.3, 0.4) is 0 Å². The molecule has 2 rings (SSSR count). The molecule has 10 heteroatoms. The third-order valence-corrected chi connectivity index (χ3v) is 4.30. The van der Waals surface area contributed by atoms with E-state index in [-0.39, 0.29) is 25.4 Å². The van der Waals surface area contributed by atoms with Gasteiger partial charge < -0.3 is 5.32 Å². The number of hydrogen-bond donors (Lipinski definition) is 1. The van der Waals surface area contributed by atoms with Crippen molar-refractivity contribution in [3.05, 3.63) is 46.6 Å². The lowest BCUT2D eigenvalue weighted by molar-refractivity contribution is -0.147. The molecule has 136 valence electrons. The summed E-state index contributed by atoms with van der Waals surface area (Å²) in [6.45, 7) is -0.0939. The van der Waals surface area contributed by atoms with E-state index in [0.717, 1.165) is 11.9 Å². The molecule has 0 bridgehead atoms. The number of nitrogens with one attached hydrogen (secondary N) is 1. The van der Waals surface area contributed by atoms with Crippen LogP contribution in [-0.4, -0.2) is 32.6 Å². The minimum Gasteiger partial charge on any atom is -0.354 e. The van der Waals surface area contributed by atoms with Crippen LogP contribution < -0.4 is 11.0 Å². The molecule has 0 atom stereocenters. The third kappa shape index (κ3) is 5.38. The topological polar surface area (TPSA) is 68.9 Å². The van der Waals surface area contributed by atoms with Gasteiger partial charge in [-0.15, -0.1) is 16.9 Å². The van der Waals surface area contributed by atoms with E-state index in [9.17, 15) is 22.8 Å². The number of thioether (sulfide) groups is 1. The Kier molecular flexibility index (Phi) is 6.29. The molecule has 0 aliphatic rings. The first-order chi connectivity index (χ1) is 11.8. The first-order valence-corrected chi connectivity index (χ1v) is 8.43. The molecule has 1 N–H and O–H groups in total. The number of nitrogens with zero attached hydrogens (tertiary/aromatic N) is 3. The van der Waals surface area contributed by atoms with Gasteiger partial charge in [0.15, 0.2) is 0 Å². The molecule has 1 heterocycles. The van der Waals surface area contributed by atoms with Crippen molar-refractivity contribution in [1.82, 2.24) is 19.7 Å². The standard InChI is InChI=1S/C15H17F3N4O2S/c1-21-13(15(16,17)18)20-22(14(21)24)9-8-19-12(23)7-10-25-11-5-3-2-4-6-11/h2-6H,7-10H2,1H3,(H,19,23). The monoisotopic (exact) mass is 374 g/mol. The number of amides is 1. The number of carbonyl (C=O) groups excluding carboxylic acids is 1. The summed E-state index contributed by atoms with van der Waals surface area (Å²) < 4.78 is 39.1. The van der Waals surface area contributed by atoms with Crippen LogP contribution in [0.1, 0.15) is 12.2 Å². The van der Waals surface area contributed by atoms with Gasteiger partial charge >= 0.3 is 11.9 Å². The van der Waals surface area contributed by atoms with Crippen LogP contribution in [0.5, 0.6) is 0 Å². The molecule has 0 saturated heterocycles. The Morgan fingerprint density at radius 2 is 1.96 bits per heavy atom. The third-order valence-electron chi connectivity index (χ3n) is 3.28. The molecule has 6 nitrogen and oxygen atoms in total. The maximum absolute atomic E-state index is 12.7. The quantitative estimate of drug-likeness (QED) is 0.752. The van der Waals surface area contributed by atoms with Crippen molar-refractivity contribution in [2.45, 2.75) is 24.0 Å². The number of benzene rings is 1. The molecule has 1 aromatic heterocycles. The molecule has 0 aliphatic heterocycles. The normalized spacial score (nSPS) is 11.5. The van der Waals surface area contributed by atoms with Crippen molar-refractivity contribution in [1.29, 1.82) is 0 Å². The predicted octanol–water partition coefficient (Wildman–Crippen LogP) is 1.90. The molecule has 0 saturated carbocycles. The van der Waals surface area contributed by atoms with Crippen molar-refractivity contribution in [3.63, 3.8) is 0 Å². The van der Waals surface area contributed by atoms with E-state index in [4.69, 9.17) is 0 Å². The maximum atomic E-state index is 12.7. The number of halogens is 3. The summed E-state index contributed by atoms with van der Waals surface area (Å²) in [5.74, 6) is -0.913. The van der Waals surface area contributed by atoms with Gasteiger partial charge in [0.2, 0.25) is 11.7 Å². The molecule has 0 spiro atoms. The van der Waals surface area contributed by atoms with E-state index in [0.29, 0.717) is 15.0 Å². The minimum absolute atomic E-state index is 0.0308. The number of aromatic nitrogens is 3. The van der Waals surface area contributed by atoms with Crippen molar-refractivity contribution >= 4 is 17.7 Å². The number of alkyl halides is 3. The predicted molar refractivity (Wildman–Crippen MR) is 87.3 cm³/mol. The SMILES string of the molecule is Cn1c(C(F)(F)F)nn(CCNC(=O)CCSc2ccccc2)c1=O. The van der Waals surface area contributed by atoms with Crippen LogP contribution in [0.2, 0.25) is 0 Å². The Hall–Kier alpha value is -2.23. The van der Waals surface area contributed by atoms with Gasteiger partial charge in [0.05, 0.1) is 6.54 Å². The Balaban J connectivity index is 1.77. The highest BCUT2D eigenvalue weighted by Gasteiger charge is 2.37. The molecule has 1 aromatic carbocycles. The number of hydrogen-bond acceptors (Lipinski definition) is 4. The first kappa shape index (κ1) is 19.1. The van der Waals surface area contributed by atoms with Gasteiger partial charge in [-0.25, -0.2) is 9.48 Å².